The highest BCUT2D eigenvalue weighted by Crippen LogP contribution is 2.56. The van der Waals surface area contributed by atoms with Crippen LogP contribution in [-0.4, -0.2) is 0 Å². The molecule has 4 aromatic heterocycles. The number of para-hydroxylation sites is 2. The van der Waals surface area contributed by atoms with E-state index < -0.39 is 0 Å². The third-order valence-corrected chi connectivity index (χ3v) is 26.6. The fourth-order valence-electron chi connectivity index (χ4n) is 20.4. The molecular formula is C120H80O4. The Morgan fingerprint density at radius 2 is 0.419 bits per heavy atom. The smallest absolute Gasteiger partial charge is 0.143 e. The number of benzene rings is 22. The normalized spacial score (nSPS) is 12.4. The summed E-state index contributed by atoms with van der Waals surface area (Å²) in [6.45, 7) is 13.6. The molecule has 26 rings (SSSR count). The second-order valence-electron chi connectivity index (χ2n) is 36.1. The van der Waals surface area contributed by atoms with Crippen molar-refractivity contribution < 1.29 is 17.7 Å². The highest BCUT2D eigenvalue weighted by Gasteiger charge is 2.30. The van der Waals surface area contributed by atoms with E-state index in [0.29, 0.717) is 0 Å². The van der Waals surface area contributed by atoms with E-state index in [0.717, 1.165) is 132 Å². The van der Waals surface area contributed by atoms with Gasteiger partial charge in [-0.25, -0.2) is 0 Å². The van der Waals surface area contributed by atoms with Crippen LogP contribution >= 0.6 is 0 Å². The Morgan fingerprint density at radius 1 is 0.153 bits per heavy atom. The zero-order valence-electron chi connectivity index (χ0n) is 69.4. The Kier molecular flexibility index (Phi) is 15.6. The standard InChI is InChI=1S/C64H38O2.C56H42O2/c1-5-17-39(18-6-1)43-29-44(40-19-7-2-8-20-40)32-47(31-43)51-35-57-62-54(38-56-50-26-14-16-28-60(50)65-63(56)57)52(36-58-61(62)53(51)37-55-49-25-13-15-27-59(49)66-64(55)58)48-33-45(41-21-9-3-10-22-41)30-46(34-48)42-23-11-4-12-24-42;1-55(2,3)37-19-21-39-45-29-43-42(36-18-16-32-12-8-10-14-34(32)24-36)28-48-52-44(30-46-40-22-20-38(56(4,5)6)26-50(40)58-54(46)48)41(27-47(51(43)52)53(45)57-49(39)25-37)35-17-15-31-11-7-9-13-33(31)23-35/h1-38H;7-30H,1-6H3. The van der Waals surface area contributed by atoms with Gasteiger partial charge in [0.05, 0.1) is 0 Å². The minimum absolute atomic E-state index is 0.00470. The van der Waals surface area contributed by atoms with E-state index in [1.807, 2.05) is 0 Å². The summed E-state index contributed by atoms with van der Waals surface area (Å²) in [4.78, 5) is 0. The third-order valence-electron chi connectivity index (χ3n) is 26.6. The van der Waals surface area contributed by atoms with Crippen molar-refractivity contribution >= 4 is 174 Å². The van der Waals surface area contributed by atoms with E-state index in [-0.39, 0.29) is 10.8 Å². The summed E-state index contributed by atoms with van der Waals surface area (Å²) >= 11 is 0. The van der Waals surface area contributed by atoms with Crippen LogP contribution in [-0.2, 0) is 10.8 Å². The molecule has 0 fully saturated rings. The number of fused-ring (bicyclic) bond motifs is 18. The first-order chi connectivity index (χ1) is 60.7. The summed E-state index contributed by atoms with van der Waals surface area (Å²) in [5, 5.41) is 27.8. The summed E-state index contributed by atoms with van der Waals surface area (Å²) in [5.74, 6) is 0. The molecule has 4 heteroatoms. The van der Waals surface area contributed by atoms with Gasteiger partial charge in [-0.3, -0.25) is 0 Å². The van der Waals surface area contributed by atoms with Gasteiger partial charge in [0.2, 0.25) is 0 Å². The maximum absolute atomic E-state index is 7.07. The zero-order valence-corrected chi connectivity index (χ0v) is 69.4. The molecule has 0 atom stereocenters. The lowest BCUT2D eigenvalue weighted by Crippen LogP contribution is -2.10. The molecule has 0 aliphatic heterocycles. The zero-order chi connectivity index (χ0) is 82.5. The quantitative estimate of drug-likeness (QED) is 0.142. The summed E-state index contributed by atoms with van der Waals surface area (Å²) in [6, 6.07) is 138. The topological polar surface area (TPSA) is 52.6 Å². The SMILES string of the molecule is CC(C)(C)c1ccc2c(c1)oc1c2cc2c(-c3ccc4ccccc4c3)cc3c4oc5cc(C(C)(C)C)ccc5c4cc4c(-c5ccc6ccccc6c5)cc1c2c43.c1ccc(-c2cc(-c3ccccc3)cc(-c3cc4c5oc6ccccc6c5cc5c(-c6cc(-c7ccccc7)cc(-c7ccccc7)c6)cc6c7oc8ccccc8c7cc3c6c54)c2)cc1. The first-order valence-electron chi connectivity index (χ1n) is 43.1. The highest BCUT2D eigenvalue weighted by atomic mass is 16.3. The average Bonchev–Trinajstić information content (AvgIpc) is 1.38. The van der Waals surface area contributed by atoms with Crippen molar-refractivity contribution in [2.24, 2.45) is 0 Å². The first kappa shape index (κ1) is 71.5. The van der Waals surface area contributed by atoms with Crippen molar-refractivity contribution in [1.82, 2.24) is 0 Å². The average molecular weight is 1590 g/mol. The molecule has 22 aromatic carbocycles. The molecule has 584 valence electrons. The van der Waals surface area contributed by atoms with E-state index >= 15 is 0 Å². The van der Waals surface area contributed by atoms with Crippen molar-refractivity contribution in [3.8, 4) is 89.0 Å². The predicted octanol–water partition coefficient (Wildman–Crippen LogP) is 35.0. The van der Waals surface area contributed by atoms with Crippen molar-refractivity contribution in [2.75, 3.05) is 0 Å². The van der Waals surface area contributed by atoms with Gasteiger partial charge in [0, 0.05) is 86.2 Å². The van der Waals surface area contributed by atoms with Gasteiger partial charge in [-0.15, -0.1) is 0 Å². The van der Waals surface area contributed by atoms with Crippen LogP contribution in [0.2, 0.25) is 0 Å². The van der Waals surface area contributed by atoms with E-state index in [9.17, 15) is 0 Å². The van der Waals surface area contributed by atoms with Crippen LogP contribution in [0.5, 0.6) is 0 Å². The maximum Gasteiger partial charge on any atom is 0.143 e. The number of hydrogen-bond acceptors (Lipinski definition) is 4. The minimum Gasteiger partial charge on any atom is -0.455 e. The molecule has 0 aliphatic carbocycles. The fourth-order valence-corrected chi connectivity index (χ4v) is 20.4. The van der Waals surface area contributed by atoms with E-state index in [4.69, 9.17) is 17.7 Å². The van der Waals surface area contributed by atoms with Crippen LogP contribution in [0.3, 0.4) is 0 Å². The monoisotopic (exact) mass is 1580 g/mol. The lowest BCUT2D eigenvalue weighted by Gasteiger charge is -2.20. The molecule has 26 aromatic rings. The molecule has 0 aliphatic rings. The van der Waals surface area contributed by atoms with Gasteiger partial charge in [-0.2, -0.15) is 0 Å². The minimum atomic E-state index is -0.00470. The van der Waals surface area contributed by atoms with Crippen LogP contribution in [0.25, 0.3) is 263 Å². The maximum atomic E-state index is 7.07. The Bertz CT molecular complexity index is 8270. The molecule has 0 amide bonds. The summed E-state index contributed by atoms with van der Waals surface area (Å²) < 4.78 is 28.1. The lowest BCUT2D eigenvalue weighted by atomic mass is 9.82. The second kappa shape index (κ2) is 27.1. The van der Waals surface area contributed by atoms with Crippen molar-refractivity contribution in [3.05, 3.63) is 387 Å². The molecule has 4 heterocycles. The van der Waals surface area contributed by atoms with Crippen molar-refractivity contribution in [2.45, 2.75) is 52.4 Å². The Hall–Kier alpha value is -15.4. The first-order valence-corrected chi connectivity index (χ1v) is 43.1. The van der Waals surface area contributed by atoms with Gasteiger partial charge < -0.3 is 17.7 Å². The van der Waals surface area contributed by atoms with Crippen LogP contribution in [0.15, 0.2) is 394 Å². The molecule has 0 spiro atoms. The molecule has 0 unspecified atom stereocenters. The molecule has 0 N–H and O–H groups in total. The fraction of sp³-hybridized carbons (Fsp3) is 0.0667. The van der Waals surface area contributed by atoms with Crippen LogP contribution in [0, 0.1) is 0 Å². The van der Waals surface area contributed by atoms with Gasteiger partial charge in [0.1, 0.15) is 44.7 Å². The summed E-state index contributed by atoms with van der Waals surface area (Å²) in [7, 11) is 0. The molecule has 0 saturated carbocycles. The van der Waals surface area contributed by atoms with Gasteiger partial charge >= 0.3 is 0 Å². The van der Waals surface area contributed by atoms with Crippen molar-refractivity contribution in [3.63, 3.8) is 0 Å². The van der Waals surface area contributed by atoms with Gasteiger partial charge in [-0.1, -0.05) is 296 Å². The summed E-state index contributed by atoms with van der Waals surface area (Å²) in [6.07, 6.45) is 0. The van der Waals surface area contributed by atoms with Gasteiger partial charge in [-0.05, 0) is 275 Å². The Labute approximate surface area is 715 Å². The van der Waals surface area contributed by atoms with E-state index in [2.05, 4.69) is 418 Å². The number of hydrogen-bond donors (Lipinski definition) is 0. The number of rotatable bonds is 8. The molecule has 0 bridgehead atoms. The predicted molar refractivity (Wildman–Crippen MR) is 525 cm³/mol. The Balaban J connectivity index is 0.000000137. The van der Waals surface area contributed by atoms with Crippen LogP contribution in [0.1, 0.15) is 52.7 Å². The third kappa shape index (κ3) is 11.3. The molecule has 124 heavy (non-hydrogen) atoms. The van der Waals surface area contributed by atoms with Gasteiger partial charge in [0.25, 0.3) is 0 Å². The molecule has 4 nitrogen and oxygen atoms in total. The van der Waals surface area contributed by atoms with Gasteiger partial charge in [0.15, 0.2) is 0 Å². The highest BCUT2D eigenvalue weighted by molar-refractivity contribution is 6.41. The molecular weight excluding hydrogens is 1510 g/mol. The van der Waals surface area contributed by atoms with E-state index in [1.165, 1.54) is 143 Å². The molecule has 0 radical (unpaired) electrons. The van der Waals surface area contributed by atoms with Crippen LogP contribution in [0.4, 0.5) is 0 Å². The van der Waals surface area contributed by atoms with Crippen molar-refractivity contribution in [1.29, 1.82) is 0 Å². The molecule has 0 saturated heterocycles. The Morgan fingerprint density at radius 3 is 0.742 bits per heavy atom. The largest absolute Gasteiger partial charge is 0.455 e. The van der Waals surface area contributed by atoms with Crippen LogP contribution < -0.4 is 0 Å². The summed E-state index contributed by atoms with van der Waals surface area (Å²) in [5.41, 5.74) is 28.4. The second-order valence-corrected chi connectivity index (χ2v) is 36.1. The number of furan rings is 4. The van der Waals surface area contributed by atoms with E-state index in [1.54, 1.807) is 0 Å². The lowest BCUT2D eigenvalue weighted by molar-refractivity contribution is 0.587.